The lowest BCUT2D eigenvalue weighted by molar-refractivity contribution is -0.137. The number of ether oxygens (including phenoxy) is 1. The van der Waals surface area contributed by atoms with Gasteiger partial charge in [-0.25, -0.2) is 0 Å². The summed E-state index contributed by atoms with van der Waals surface area (Å²) in [7, 11) is 0. The molecular formula is C14H16N2O3. The zero-order valence-corrected chi connectivity index (χ0v) is 10.8. The molecule has 0 saturated carbocycles. The number of carbonyl (C=O) groups is 1. The smallest absolute Gasteiger partial charge is 0.228 e. The highest BCUT2D eigenvalue weighted by atomic mass is 16.5. The Morgan fingerprint density at radius 3 is 3.16 bits per heavy atom. The van der Waals surface area contributed by atoms with Crippen molar-refractivity contribution >= 4 is 16.9 Å². The normalized spacial score (nSPS) is 19.8. The summed E-state index contributed by atoms with van der Waals surface area (Å²) in [6, 6.07) is 7.59. The van der Waals surface area contributed by atoms with Crippen LogP contribution in [0.15, 0.2) is 28.8 Å². The van der Waals surface area contributed by atoms with Crippen molar-refractivity contribution in [2.75, 3.05) is 19.7 Å². The molecule has 5 nitrogen and oxygen atoms in total. The second-order valence-corrected chi connectivity index (χ2v) is 4.82. The zero-order chi connectivity index (χ0) is 13.2. The summed E-state index contributed by atoms with van der Waals surface area (Å²) in [5.74, 6) is 0.0780. The van der Waals surface area contributed by atoms with Crippen LogP contribution in [0.4, 0.5) is 0 Å². The van der Waals surface area contributed by atoms with Gasteiger partial charge in [-0.3, -0.25) is 4.79 Å². The quantitative estimate of drug-likeness (QED) is 0.823. The van der Waals surface area contributed by atoms with E-state index >= 15 is 0 Å². The molecule has 2 aromatic rings. The third-order valence-electron chi connectivity index (χ3n) is 3.36. The van der Waals surface area contributed by atoms with Gasteiger partial charge in [-0.1, -0.05) is 17.3 Å². The van der Waals surface area contributed by atoms with Crippen LogP contribution in [0.25, 0.3) is 11.0 Å². The summed E-state index contributed by atoms with van der Waals surface area (Å²) in [4.78, 5) is 14.1. The van der Waals surface area contributed by atoms with E-state index in [-0.39, 0.29) is 18.4 Å². The molecule has 100 valence electrons. The first-order valence-electron chi connectivity index (χ1n) is 6.46. The van der Waals surface area contributed by atoms with Crippen molar-refractivity contribution in [1.29, 1.82) is 0 Å². The monoisotopic (exact) mass is 260 g/mol. The second-order valence-electron chi connectivity index (χ2n) is 4.82. The van der Waals surface area contributed by atoms with Crippen LogP contribution in [-0.4, -0.2) is 41.8 Å². The van der Waals surface area contributed by atoms with Gasteiger partial charge in [0.25, 0.3) is 0 Å². The van der Waals surface area contributed by atoms with Gasteiger partial charge in [0.15, 0.2) is 5.58 Å². The molecule has 2 heterocycles. The molecule has 19 heavy (non-hydrogen) atoms. The average molecular weight is 260 g/mol. The molecule has 1 aromatic carbocycles. The topological polar surface area (TPSA) is 55.6 Å². The van der Waals surface area contributed by atoms with Gasteiger partial charge in [0, 0.05) is 18.5 Å². The van der Waals surface area contributed by atoms with E-state index in [1.165, 1.54) is 0 Å². The molecule has 1 amide bonds. The van der Waals surface area contributed by atoms with Gasteiger partial charge >= 0.3 is 0 Å². The summed E-state index contributed by atoms with van der Waals surface area (Å²) in [6.45, 7) is 3.88. The SMILES string of the molecule is CC1CN(C(=O)Cc2noc3ccccc23)CCO1. The van der Waals surface area contributed by atoms with Crippen molar-refractivity contribution < 1.29 is 14.1 Å². The standard InChI is InChI=1S/C14H16N2O3/c1-10-9-16(6-7-18-10)14(17)8-12-11-4-2-3-5-13(11)19-15-12/h2-5,10H,6-9H2,1H3. The number of carbonyl (C=O) groups excluding carboxylic acids is 1. The number of fused-ring (bicyclic) bond motifs is 1. The van der Waals surface area contributed by atoms with E-state index in [0.29, 0.717) is 25.4 Å². The Hall–Kier alpha value is -1.88. The van der Waals surface area contributed by atoms with E-state index in [9.17, 15) is 4.79 Å². The summed E-state index contributed by atoms with van der Waals surface area (Å²) in [6.07, 6.45) is 0.385. The molecule has 3 rings (SSSR count). The number of aromatic nitrogens is 1. The first-order chi connectivity index (χ1) is 9.24. The largest absolute Gasteiger partial charge is 0.375 e. The second kappa shape index (κ2) is 5.01. The summed E-state index contributed by atoms with van der Waals surface area (Å²) >= 11 is 0. The fourth-order valence-electron chi connectivity index (χ4n) is 2.37. The maximum atomic E-state index is 12.2. The number of hydrogen-bond acceptors (Lipinski definition) is 4. The van der Waals surface area contributed by atoms with Crippen LogP contribution >= 0.6 is 0 Å². The van der Waals surface area contributed by atoms with E-state index in [2.05, 4.69) is 5.16 Å². The van der Waals surface area contributed by atoms with Gasteiger partial charge in [0.1, 0.15) is 5.69 Å². The predicted octanol–water partition coefficient (Wildman–Crippen LogP) is 1.62. The van der Waals surface area contributed by atoms with Crippen molar-refractivity contribution in [3.8, 4) is 0 Å². The molecule has 5 heteroatoms. The van der Waals surface area contributed by atoms with Crippen LogP contribution in [0.5, 0.6) is 0 Å². The Bertz CT molecular complexity index is 593. The molecule has 1 atom stereocenters. The Labute approximate surface area is 111 Å². The number of amides is 1. The first-order valence-corrected chi connectivity index (χ1v) is 6.46. The highest BCUT2D eigenvalue weighted by Gasteiger charge is 2.23. The third kappa shape index (κ3) is 2.46. The Morgan fingerprint density at radius 1 is 1.47 bits per heavy atom. The van der Waals surface area contributed by atoms with Crippen LogP contribution < -0.4 is 0 Å². The van der Waals surface area contributed by atoms with Gasteiger partial charge in [-0.15, -0.1) is 0 Å². The molecule has 1 unspecified atom stereocenters. The number of benzene rings is 1. The maximum Gasteiger partial charge on any atom is 0.228 e. The lowest BCUT2D eigenvalue weighted by Crippen LogP contribution is -2.45. The fraction of sp³-hybridized carbons (Fsp3) is 0.429. The molecule has 1 aromatic heterocycles. The molecule has 1 saturated heterocycles. The first kappa shape index (κ1) is 12.2. The van der Waals surface area contributed by atoms with Gasteiger partial charge in [0.2, 0.25) is 5.91 Å². The highest BCUT2D eigenvalue weighted by Crippen LogP contribution is 2.19. The number of hydrogen-bond donors (Lipinski definition) is 0. The average Bonchev–Trinajstić information content (AvgIpc) is 2.82. The Morgan fingerprint density at radius 2 is 2.32 bits per heavy atom. The van der Waals surface area contributed by atoms with Gasteiger partial charge in [-0.2, -0.15) is 0 Å². The molecule has 0 radical (unpaired) electrons. The van der Waals surface area contributed by atoms with Crippen LogP contribution in [-0.2, 0) is 16.0 Å². The Kier molecular flexibility index (Phi) is 3.21. The summed E-state index contributed by atoms with van der Waals surface area (Å²) in [5.41, 5.74) is 1.43. The number of para-hydroxylation sites is 1. The van der Waals surface area contributed by atoms with E-state index < -0.39 is 0 Å². The lowest BCUT2D eigenvalue weighted by Gasteiger charge is -2.31. The molecule has 0 aliphatic carbocycles. The molecule has 1 aliphatic rings. The number of morpholine rings is 1. The van der Waals surface area contributed by atoms with Gasteiger partial charge < -0.3 is 14.2 Å². The minimum Gasteiger partial charge on any atom is -0.375 e. The van der Waals surface area contributed by atoms with Crippen molar-refractivity contribution in [1.82, 2.24) is 10.1 Å². The molecular weight excluding hydrogens is 244 g/mol. The predicted molar refractivity (Wildman–Crippen MR) is 69.7 cm³/mol. The van der Waals surface area contributed by atoms with Crippen molar-refractivity contribution in [2.45, 2.75) is 19.4 Å². The Balaban J connectivity index is 1.75. The molecule has 1 aliphatic heterocycles. The summed E-state index contributed by atoms with van der Waals surface area (Å²) < 4.78 is 10.6. The highest BCUT2D eigenvalue weighted by molar-refractivity contribution is 5.86. The minimum atomic E-state index is 0.0780. The fourth-order valence-corrected chi connectivity index (χ4v) is 2.37. The van der Waals surface area contributed by atoms with Crippen molar-refractivity contribution in [2.24, 2.45) is 0 Å². The zero-order valence-electron chi connectivity index (χ0n) is 10.8. The maximum absolute atomic E-state index is 12.2. The van der Waals surface area contributed by atoms with Crippen LogP contribution in [0.2, 0.25) is 0 Å². The van der Waals surface area contributed by atoms with Gasteiger partial charge in [-0.05, 0) is 19.1 Å². The lowest BCUT2D eigenvalue weighted by atomic mass is 10.1. The molecule has 1 fully saturated rings. The van der Waals surface area contributed by atoms with E-state index in [1.54, 1.807) is 0 Å². The minimum absolute atomic E-state index is 0.0780. The van der Waals surface area contributed by atoms with E-state index in [1.807, 2.05) is 36.1 Å². The molecule has 0 spiro atoms. The molecule has 0 N–H and O–H groups in total. The van der Waals surface area contributed by atoms with E-state index in [4.69, 9.17) is 9.26 Å². The van der Waals surface area contributed by atoms with Crippen LogP contribution in [0, 0.1) is 0 Å². The van der Waals surface area contributed by atoms with Gasteiger partial charge in [0.05, 0.1) is 19.1 Å². The van der Waals surface area contributed by atoms with Crippen molar-refractivity contribution in [3.05, 3.63) is 30.0 Å². The number of rotatable bonds is 2. The molecule has 0 bridgehead atoms. The number of nitrogens with zero attached hydrogens (tertiary/aromatic N) is 2. The van der Waals surface area contributed by atoms with Crippen LogP contribution in [0.1, 0.15) is 12.6 Å². The summed E-state index contributed by atoms with van der Waals surface area (Å²) in [5, 5.41) is 4.91. The van der Waals surface area contributed by atoms with E-state index in [0.717, 1.165) is 11.0 Å². The van der Waals surface area contributed by atoms with Crippen LogP contribution in [0.3, 0.4) is 0 Å². The van der Waals surface area contributed by atoms with Crippen molar-refractivity contribution in [3.63, 3.8) is 0 Å². The third-order valence-corrected chi connectivity index (χ3v) is 3.36.